The van der Waals surface area contributed by atoms with Gasteiger partial charge in [0.25, 0.3) is 0 Å². The summed E-state index contributed by atoms with van der Waals surface area (Å²) in [7, 11) is 0. The topological polar surface area (TPSA) is 32.9 Å². The fourth-order valence-corrected chi connectivity index (χ4v) is 4.30. The summed E-state index contributed by atoms with van der Waals surface area (Å²) in [5.74, 6) is 1.77. The number of piperidine rings is 1. The zero-order valence-electron chi connectivity index (χ0n) is 16.8. The van der Waals surface area contributed by atoms with Crippen molar-refractivity contribution < 1.29 is 9.32 Å². The van der Waals surface area contributed by atoms with Crippen LogP contribution in [0.3, 0.4) is 0 Å². The van der Waals surface area contributed by atoms with Crippen LogP contribution in [0.25, 0.3) is 0 Å². The van der Waals surface area contributed by atoms with Crippen LogP contribution in [0.4, 0.5) is 5.69 Å². The Hall–Kier alpha value is -1.56. The number of nitrogens with one attached hydrogen (secondary N) is 2. The molecule has 4 nitrogen and oxygen atoms in total. The molecule has 0 radical (unpaired) electrons. The van der Waals surface area contributed by atoms with Crippen molar-refractivity contribution >= 4 is 34.6 Å². The molecule has 1 fully saturated rings. The number of rotatable bonds is 7. The Morgan fingerprint density at radius 1 is 1.39 bits per heavy atom. The number of hydrogen-bond acceptors (Lipinski definition) is 2. The fraction of sp³-hybridized carbons (Fsp3) is 0.500. The Morgan fingerprint density at radius 3 is 2.96 bits per heavy atom. The number of aryl methyl sites for hydroxylation is 1. The summed E-state index contributed by atoms with van der Waals surface area (Å²) in [5.41, 5.74) is 2.00. The number of furan rings is 1. The standard InChI is InChI=1S/C22H30ClN3OS/c1-17-6-3-10-25(15-17)11-5-12-26(16-20-7-4-13-27-20)22(28)24-19-8-9-21(23)18(2)14-19/h4,7-9,13-14,17H,3,5-6,10-12,15-16H2,1-2H3,(H,24,28)/p+1. The van der Waals surface area contributed by atoms with Gasteiger partial charge in [0.15, 0.2) is 5.11 Å². The van der Waals surface area contributed by atoms with E-state index in [1.807, 2.05) is 37.3 Å². The summed E-state index contributed by atoms with van der Waals surface area (Å²) in [6.45, 7) is 9.76. The zero-order valence-corrected chi connectivity index (χ0v) is 18.4. The second-order valence-electron chi connectivity index (χ2n) is 7.95. The number of halogens is 1. The lowest BCUT2D eigenvalue weighted by atomic mass is 10.0. The van der Waals surface area contributed by atoms with E-state index >= 15 is 0 Å². The third-order valence-electron chi connectivity index (χ3n) is 5.45. The van der Waals surface area contributed by atoms with Crippen LogP contribution in [0.15, 0.2) is 41.0 Å². The first kappa shape index (κ1) is 21.2. The Labute approximate surface area is 178 Å². The number of nitrogens with zero attached hydrogens (tertiary/aromatic N) is 1. The number of anilines is 1. The Kier molecular flexibility index (Phi) is 7.77. The van der Waals surface area contributed by atoms with Gasteiger partial charge in [0, 0.05) is 29.6 Å². The first-order valence-corrected chi connectivity index (χ1v) is 11.0. The van der Waals surface area contributed by atoms with Gasteiger partial charge in [-0.2, -0.15) is 0 Å². The van der Waals surface area contributed by atoms with E-state index < -0.39 is 0 Å². The van der Waals surface area contributed by atoms with Crippen molar-refractivity contribution in [2.24, 2.45) is 5.92 Å². The van der Waals surface area contributed by atoms with Crippen molar-refractivity contribution in [3.8, 4) is 0 Å². The average Bonchev–Trinajstić information content (AvgIpc) is 3.17. The van der Waals surface area contributed by atoms with E-state index in [0.29, 0.717) is 6.54 Å². The Bertz CT molecular complexity index is 765. The van der Waals surface area contributed by atoms with Crippen LogP contribution < -0.4 is 10.2 Å². The molecule has 1 saturated heterocycles. The van der Waals surface area contributed by atoms with Gasteiger partial charge in [0.05, 0.1) is 32.4 Å². The van der Waals surface area contributed by atoms with Crippen molar-refractivity contribution in [3.05, 3.63) is 52.9 Å². The third-order valence-corrected chi connectivity index (χ3v) is 6.23. The summed E-state index contributed by atoms with van der Waals surface area (Å²) in [5, 5.41) is 4.86. The van der Waals surface area contributed by atoms with Crippen LogP contribution in [-0.4, -0.2) is 36.2 Å². The molecule has 0 spiro atoms. The SMILES string of the molecule is Cc1cc(NC(=S)N(CCC[NH+]2CCCC(C)C2)Cc2ccco2)ccc1Cl. The molecule has 152 valence electrons. The molecule has 2 N–H and O–H groups in total. The summed E-state index contributed by atoms with van der Waals surface area (Å²) in [6.07, 6.45) is 5.56. The van der Waals surface area contributed by atoms with Gasteiger partial charge >= 0.3 is 0 Å². The molecular weight excluding hydrogens is 390 g/mol. The highest BCUT2D eigenvalue weighted by Crippen LogP contribution is 2.20. The predicted molar refractivity (Wildman–Crippen MR) is 120 cm³/mol. The van der Waals surface area contributed by atoms with Crippen molar-refractivity contribution in [2.75, 3.05) is 31.5 Å². The highest BCUT2D eigenvalue weighted by Gasteiger charge is 2.20. The fourth-order valence-electron chi connectivity index (χ4n) is 3.91. The Balaban J connectivity index is 1.58. The van der Waals surface area contributed by atoms with E-state index in [1.165, 1.54) is 32.5 Å². The number of likely N-dealkylation sites (tertiary alicyclic amines) is 1. The van der Waals surface area contributed by atoms with E-state index in [9.17, 15) is 0 Å². The molecule has 1 aromatic heterocycles. The smallest absolute Gasteiger partial charge is 0.173 e. The van der Waals surface area contributed by atoms with Gasteiger partial charge in [-0.15, -0.1) is 0 Å². The van der Waals surface area contributed by atoms with Crippen molar-refractivity contribution in [1.82, 2.24) is 4.90 Å². The molecule has 28 heavy (non-hydrogen) atoms. The van der Waals surface area contributed by atoms with Crippen LogP contribution in [0.2, 0.25) is 5.02 Å². The van der Waals surface area contributed by atoms with Crippen molar-refractivity contribution in [1.29, 1.82) is 0 Å². The molecule has 2 unspecified atom stereocenters. The minimum absolute atomic E-state index is 0.678. The Morgan fingerprint density at radius 2 is 2.25 bits per heavy atom. The highest BCUT2D eigenvalue weighted by atomic mass is 35.5. The average molecular weight is 421 g/mol. The number of quaternary nitrogens is 1. The van der Waals surface area contributed by atoms with Crippen LogP contribution in [-0.2, 0) is 6.54 Å². The highest BCUT2D eigenvalue weighted by molar-refractivity contribution is 7.80. The van der Waals surface area contributed by atoms with Gasteiger partial charge < -0.3 is 19.5 Å². The third kappa shape index (κ3) is 6.23. The second kappa shape index (κ2) is 10.3. The van der Waals surface area contributed by atoms with Gasteiger partial charge in [0.1, 0.15) is 5.76 Å². The van der Waals surface area contributed by atoms with E-state index in [-0.39, 0.29) is 0 Å². The van der Waals surface area contributed by atoms with Crippen LogP contribution in [0, 0.1) is 12.8 Å². The number of benzene rings is 1. The van der Waals surface area contributed by atoms with Crippen molar-refractivity contribution in [2.45, 2.75) is 39.7 Å². The minimum Gasteiger partial charge on any atom is -0.467 e. The second-order valence-corrected chi connectivity index (χ2v) is 8.74. The molecule has 3 rings (SSSR count). The molecule has 2 atom stereocenters. The summed E-state index contributed by atoms with van der Waals surface area (Å²) < 4.78 is 5.56. The zero-order chi connectivity index (χ0) is 19.9. The van der Waals surface area contributed by atoms with Gasteiger partial charge in [-0.25, -0.2) is 0 Å². The lowest BCUT2D eigenvalue weighted by Crippen LogP contribution is -3.13. The molecule has 0 aliphatic carbocycles. The maximum absolute atomic E-state index is 6.14. The lowest BCUT2D eigenvalue weighted by molar-refractivity contribution is -0.908. The molecule has 0 saturated carbocycles. The van der Waals surface area contributed by atoms with E-state index in [2.05, 4.69) is 17.1 Å². The summed E-state index contributed by atoms with van der Waals surface area (Å²) >= 11 is 11.9. The minimum atomic E-state index is 0.678. The normalized spacial score (nSPS) is 19.4. The first-order valence-electron chi connectivity index (χ1n) is 10.2. The van der Waals surface area contributed by atoms with E-state index in [4.69, 9.17) is 28.2 Å². The molecular formula is C22H31ClN3OS+. The number of thiocarbonyl (C=S) groups is 1. The monoisotopic (exact) mass is 420 g/mol. The molecule has 1 aliphatic heterocycles. The summed E-state index contributed by atoms with van der Waals surface area (Å²) in [6, 6.07) is 9.82. The summed E-state index contributed by atoms with van der Waals surface area (Å²) in [4.78, 5) is 3.93. The molecule has 1 aliphatic rings. The van der Waals surface area contributed by atoms with Crippen LogP contribution >= 0.6 is 23.8 Å². The molecule has 0 amide bonds. The van der Waals surface area contributed by atoms with E-state index in [1.54, 1.807) is 11.2 Å². The van der Waals surface area contributed by atoms with Gasteiger partial charge in [0.2, 0.25) is 0 Å². The molecule has 1 aromatic carbocycles. The van der Waals surface area contributed by atoms with Gasteiger partial charge in [-0.05, 0) is 67.9 Å². The number of hydrogen-bond donors (Lipinski definition) is 2. The predicted octanol–water partition coefficient (Wildman–Crippen LogP) is 4.15. The van der Waals surface area contributed by atoms with Gasteiger partial charge in [-0.1, -0.05) is 18.5 Å². The molecule has 0 bridgehead atoms. The first-order chi connectivity index (χ1) is 13.5. The molecule has 2 heterocycles. The molecule has 2 aromatic rings. The maximum atomic E-state index is 6.14. The van der Waals surface area contributed by atoms with Crippen molar-refractivity contribution in [3.63, 3.8) is 0 Å². The quantitative estimate of drug-likeness (QED) is 0.659. The maximum Gasteiger partial charge on any atom is 0.173 e. The lowest BCUT2D eigenvalue weighted by Gasteiger charge is -2.29. The van der Waals surface area contributed by atoms with Crippen LogP contribution in [0.5, 0.6) is 0 Å². The van der Waals surface area contributed by atoms with E-state index in [0.717, 1.165) is 46.0 Å². The van der Waals surface area contributed by atoms with Crippen LogP contribution in [0.1, 0.15) is 37.5 Å². The molecule has 6 heteroatoms. The van der Waals surface area contributed by atoms with Gasteiger partial charge in [-0.3, -0.25) is 0 Å². The largest absolute Gasteiger partial charge is 0.467 e.